The highest BCUT2D eigenvalue weighted by Gasteiger charge is 2.41. The molecule has 0 fully saturated rings. The summed E-state index contributed by atoms with van der Waals surface area (Å²) in [5.41, 5.74) is -0.821. The van der Waals surface area contributed by atoms with Crippen molar-refractivity contribution >= 4 is 23.4 Å². The number of nitro benzene ring substituents is 1. The van der Waals surface area contributed by atoms with Crippen molar-refractivity contribution in [2.24, 2.45) is 0 Å². The van der Waals surface area contributed by atoms with Crippen LogP contribution in [0.1, 0.15) is 39.4 Å². The first-order valence-corrected chi connectivity index (χ1v) is 7.36. The number of amides is 3. The highest BCUT2D eigenvalue weighted by molar-refractivity contribution is 6.24. The van der Waals surface area contributed by atoms with Gasteiger partial charge in [-0.15, -0.1) is 0 Å². The summed E-state index contributed by atoms with van der Waals surface area (Å²) in [6, 6.07) is 6.69. The minimum absolute atomic E-state index is 0.0777. The fourth-order valence-corrected chi connectivity index (χ4v) is 2.65. The Morgan fingerprint density at radius 2 is 2.04 bits per heavy atom. The van der Waals surface area contributed by atoms with Crippen molar-refractivity contribution < 1.29 is 23.7 Å². The third-order valence-electron chi connectivity index (χ3n) is 3.82. The Balaban J connectivity index is 1.77. The Labute approximate surface area is 141 Å². The second-order valence-electron chi connectivity index (χ2n) is 5.46. The standard InChI is InChI=1S/C16H13N3O6/c1-9(12-6-3-7-25-12)17-13(20)8-18-15(21)10-4-2-5-11(19(23)24)14(10)16(18)22/h2-7,9H,8H2,1H3,(H,17,20). The van der Waals surface area contributed by atoms with E-state index in [1.54, 1.807) is 19.1 Å². The summed E-state index contributed by atoms with van der Waals surface area (Å²) in [4.78, 5) is 47.9. The number of fused-ring (bicyclic) bond motifs is 1. The van der Waals surface area contributed by atoms with Gasteiger partial charge in [0, 0.05) is 6.07 Å². The molecule has 1 atom stereocenters. The van der Waals surface area contributed by atoms with Crippen LogP contribution in [0.5, 0.6) is 0 Å². The molecule has 1 aromatic carbocycles. The summed E-state index contributed by atoms with van der Waals surface area (Å²) in [5, 5.41) is 13.7. The predicted octanol–water partition coefficient (Wildman–Crippen LogP) is 1.66. The lowest BCUT2D eigenvalue weighted by molar-refractivity contribution is -0.385. The fourth-order valence-electron chi connectivity index (χ4n) is 2.65. The van der Waals surface area contributed by atoms with Crippen LogP contribution in [-0.2, 0) is 4.79 Å². The molecule has 1 unspecified atom stereocenters. The van der Waals surface area contributed by atoms with E-state index in [-0.39, 0.29) is 11.1 Å². The number of imide groups is 1. The average Bonchev–Trinajstić information content (AvgIpc) is 3.18. The highest BCUT2D eigenvalue weighted by Crippen LogP contribution is 2.30. The quantitative estimate of drug-likeness (QED) is 0.500. The van der Waals surface area contributed by atoms with Gasteiger partial charge < -0.3 is 9.73 Å². The molecule has 9 nitrogen and oxygen atoms in total. The molecule has 0 aliphatic carbocycles. The zero-order chi connectivity index (χ0) is 18.1. The van der Waals surface area contributed by atoms with Crippen LogP contribution >= 0.6 is 0 Å². The molecule has 128 valence electrons. The number of rotatable bonds is 5. The Kier molecular flexibility index (Phi) is 4.05. The number of nitro groups is 1. The number of nitrogens with one attached hydrogen (secondary N) is 1. The van der Waals surface area contributed by atoms with Crippen LogP contribution in [-0.4, -0.2) is 34.1 Å². The van der Waals surface area contributed by atoms with Crippen LogP contribution in [0.2, 0.25) is 0 Å². The van der Waals surface area contributed by atoms with E-state index < -0.39 is 40.9 Å². The summed E-state index contributed by atoms with van der Waals surface area (Å²) in [6.45, 7) is 1.15. The van der Waals surface area contributed by atoms with Crippen LogP contribution in [0.25, 0.3) is 0 Å². The van der Waals surface area contributed by atoms with Crippen molar-refractivity contribution in [2.75, 3.05) is 6.54 Å². The topological polar surface area (TPSA) is 123 Å². The molecule has 1 N–H and O–H groups in total. The molecule has 0 bridgehead atoms. The van der Waals surface area contributed by atoms with E-state index >= 15 is 0 Å². The van der Waals surface area contributed by atoms with Gasteiger partial charge in [0.15, 0.2) is 0 Å². The first-order chi connectivity index (χ1) is 11.9. The minimum atomic E-state index is -0.854. The molecule has 1 aliphatic rings. The van der Waals surface area contributed by atoms with Gasteiger partial charge in [0.05, 0.1) is 22.8 Å². The van der Waals surface area contributed by atoms with E-state index in [2.05, 4.69) is 5.32 Å². The molecule has 2 heterocycles. The molecule has 0 radical (unpaired) electrons. The minimum Gasteiger partial charge on any atom is -0.467 e. The third kappa shape index (κ3) is 2.87. The lowest BCUT2D eigenvalue weighted by Crippen LogP contribution is -2.41. The Hall–Kier alpha value is -3.49. The number of benzene rings is 1. The summed E-state index contributed by atoms with van der Waals surface area (Å²) in [5.74, 6) is -1.65. The van der Waals surface area contributed by atoms with Crippen molar-refractivity contribution in [1.82, 2.24) is 10.2 Å². The van der Waals surface area contributed by atoms with Crippen LogP contribution < -0.4 is 5.32 Å². The maximum atomic E-state index is 12.4. The molecular formula is C16H13N3O6. The monoisotopic (exact) mass is 343 g/mol. The number of furan rings is 1. The largest absolute Gasteiger partial charge is 0.467 e. The summed E-state index contributed by atoms with van der Waals surface area (Å²) < 4.78 is 5.16. The van der Waals surface area contributed by atoms with Gasteiger partial charge in [-0.25, -0.2) is 0 Å². The molecule has 1 aromatic heterocycles. The first kappa shape index (κ1) is 16.4. The molecule has 25 heavy (non-hydrogen) atoms. The van der Waals surface area contributed by atoms with Crippen LogP contribution in [0.4, 0.5) is 5.69 Å². The number of carbonyl (C=O) groups is 3. The van der Waals surface area contributed by atoms with Gasteiger partial charge in [0.25, 0.3) is 17.5 Å². The van der Waals surface area contributed by atoms with Gasteiger partial charge in [0.1, 0.15) is 17.9 Å². The van der Waals surface area contributed by atoms with Crippen LogP contribution in [0, 0.1) is 10.1 Å². The predicted molar refractivity (Wildman–Crippen MR) is 83.7 cm³/mol. The number of hydrogen-bond acceptors (Lipinski definition) is 6. The van der Waals surface area contributed by atoms with Crippen LogP contribution in [0.3, 0.4) is 0 Å². The maximum absolute atomic E-state index is 12.4. The van der Waals surface area contributed by atoms with Crippen molar-refractivity contribution in [2.45, 2.75) is 13.0 Å². The molecule has 0 saturated carbocycles. The van der Waals surface area contributed by atoms with Crippen molar-refractivity contribution in [3.63, 3.8) is 0 Å². The summed E-state index contributed by atoms with van der Waals surface area (Å²) in [6.07, 6.45) is 1.46. The van der Waals surface area contributed by atoms with Gasteiger partial charge in [-0.2, -0.15) is 0 Å². The van der Waals surface area contributed by atoms with E-state index in [1.807, 2.05) is 0 Å². The van der Waals surface area contributed by atoms with Gasteiger partial charge in [-0.05, 0) is 25.1 Å². The third-order valence-corrected chi connectivity index (χ3v) is 3.82. The smallest absolute Gasteiger partial charge is 0.282 e. The SMILES string of the molecule is CC(NC(=O)CN1C(=O)c2cccc([N+](=O)[O-])c2C1=O)c1ccco1. The second-order valence-corrected chi connectivity index (χ2v) is 5.46. The van der Waals surface area contributed by atoms with Gasteiger partial charge in [0.2, 0.25) is 5.91 Å². The highest BCUT2D eigenvalue weighted by atomic mass is 16.6. The van der Waals surface area contributed by atoms with Gasteiger partial charge in [-0.3, -0.25) is 29.4 Å². The number of hydrogen-bond donors (Lipinski definition) is 1. The van der Waals surface area contributed by atoms with Gasteiger partial charge in [-0.1, -0.05) is 6.07 Å². The average molecular weight is 343 g/mol. The first-order valence-electron chi connectivity index (χ1n) is 7.36. The molecule has 2 aromatic rings. The lowest BCUT2D eigenvalue weighted by Gasteiger charge is -2.16. The summed E-state index contributed by atoms with van der Waals surface area (Å²) in [7, 11) is 0. The zero-order valence-corrected chi connectivity index (χ0v) is 13.1. The van der Waals surface area contributed by atoms with E-state index in [0.717, 1.165) is 6.07 Å². The summed E-state index contributed by atoms with van der Waals surface area (Å²) >= 11 is 0. The molecule has 3 rings (SSSR count). The van der Waals surface area contributed by atoms with E-state index in [4.69, 9.17) is 4.42 Å². The zero-order valence-electron chi connectivity index (χ0n) is 13.1. The molecule has 9 heteroatoms. The van der Waals surface area contributed by atoms with Crippen molar-refractivity contribution in [3.8, 4) is 0 Å². The molecule has 3 amide bonds. The fraction of sp³-hybridized carbons (Fsp3) is 0.188. The maximum Gasteiger partial charge on any atom is 0.282 e. The Morgan fingerprint density at radius 1 is 1.28 bits per heavy atom. The van der Waals surface area contributed by atoms with Gasteiger partial charge >= 0.3 is 0 Å². The molecule has 0 saturated heterocycles. The van der Waals surface area contributed by atoms with Crippen LogP contribution in [0.15, 0.2) is 41.0 Å². The number of carbonyl (C=O) groups excluding carboxylic acids is 3. The Bertz CT molecular complexity index is 874. The van der Waals surface area contributed by atoms with E-state index in [0.29, 0.717) is 10.7 Å². The normalized spacial score (nSPS) is 14.4. The second kappa shape index (κ2) is 6.19. The van der Waals surface area contributed by atoms with E-state index in [1.165, 1.54) is 18.4 Å². The Morgan fingerprint density at radius 3 is 2.68 bits per heavy atom. The van der Waals surface area contributed by atoms with Crippen molar-refractivity contribution in [1.29, 1.82) is 0 Å². The molecule has 1 aliphatic heterocycles. The molecule has 0 spiro atoms. The molecular weight excluding hydrogens is 330 g/mol. The van der Waals surface area contributed by atoms with Crippen molar-refractivity contribution in [3.05, 3.63) is 63.6 Å². The van der Waals surface area contributed by atoms with E-state index in [9.17, 15) is 24.5 Å². The number of nitrogens with zero attached hydrogens (tertiary/aromatic N) is 2. The lowest BCUT2D eigenvalue weighted by atomic mass is 10.1.